The first kappa shape index (κ1) is 23.6. The SMILES string of the molecule is CCOc1cc([C@@H]2C(C#N)=C(N)Oc3cc4c(cc32)OCO4)cc(I)c1OCc1ccccc1C#N. The maximum Gasteiger partial charge on any atom is 0.231 e. The van der Waals surface area contributed by atoms with Crippen LogP contribution in [0.1, 0.15) is 35.1 Å². The maximum absolute atomic E-state index is 9.96. The Labute approximate surface area is 221 Å². The monoisotopic (exact) mass is 593 g/mol. The molecule has 180 valence electrons. The number of nitrogens with two attached hydrogens (primary N) is 1. The number of nitriles is 2. The molecule has 0 amide bonds. The number of hydrogen-bond acceptors (Lipinski definition) is 8. The van der Waals surface area contributed by atoms with Crippen molar-refractivity contribution < 1.29 is 23.7 Å². The van der Waals surface area contributed by atoms with Gasteiger partial charge in [0, 0.05) is 17.2 Å². The van der Waals surface area contributed by atoms with Gasteiger partial charge in [-0.2, -0.15) is 10.5 Å². The number of allylic oxidation sites excluding steroid dienone is 1. The van der Waals surface area contributed by atoms with E-state index in [1.807, 2.05) is 43.3 Å². The van der Waals surface area contributed by atoms with Crippen molar-refractivity contribution in [1.29, 1.82) is 10.5 Å². The van der Waals surface area contributed by atoms with Gasteiger partial charge in [-0.05, 0) is 59.3 Å². The molecular weight excluding hydrogens is 573 g/mol. The zero-order valence-electron chi connectivity index (χ0n) is 19.2. The van der Waals surface area contributed by atoms with Crippen molar-refractivity contribution in [3.8, 4) is 40.9 Å². The Morgan fingerprint density at radius 3 is 2.56 bits per heavy atom. The van der Waals surface area contributed by atoms with E-state index < -0.39 is 5.92 Å². The van der Waals surface area contributed by atoms with Gasteiger partial charge in [0.2, 0.25) is 12.7 Å². The van der Waals surface area contributed by atoms with Crippen LogP contribution in [-0.2, 0) is 6.61 Å². The second kappa shape index (κ2) is 9.88. The molecule has 2 N–H and O–H groups in total. The molecule has 0 aromatic heterocycles. The second-order valence-corrected chi connectivity index (χ2v) is 9.15. The number of nitrogens with zero attached hydrogens (tertiary/aromatic N) is 2. The van der Waals surface area contributed by atoms with Crippen LogP contribution >= 0.6 is 22.6 Å². The van der Waals surface area contributed by atoms with E-state index in [9.17, 15) is 10.5 Å². The summed E-state index contributed by atoms with van der Waals surface area (Å²) in [6.07, 6.45) is 0. The first-order chi connectivity index (χ1) is 17.5. The topological polar surface area (TPSA) is 120 Å². The Morgan fingerprint density at radius 2 is 1.81 bits per heavy atom. The summed E-state index contributed by atoms with van der Waals surface area (Å²) in [5.74, 6) is 2.26. The van der Waals surface area contributed by atoms with Crippen LogP contribution in [0.2, 0.25) is 0 Å². The highest BCUT2D eigenvalue weighted by Gasteiger charge is 2.34. The molecule has 9 heteroatoms. The summed E-state index contributed by atoms with van der Waals surface area (Å²) in [7, 11) is 0. The molecule has 0 saturated heterocycles. The third-order valence-electron chi connectivity index (χ3n) is 5.89. The van der Waals surface area contributed by atoms with E-state index in [4.69, 9.17) is 29.4 Å². The van der Waals surface area contributed by atoms with Crippen molar-refractivity contribution in [1.82, 2.24) is 0 Å². The van der Waals surface area contributed by atoms with Gasteiger partial charge in [-0.3, -0.25) is 0 Å². The molecule has 3 aromatic carbocycles. The molecule has 36 heavy (non-hydrogen) atoms. The predicted molar refractivity (Wildman–Crippen MR) is 138 cm³/mol. The summed E-state index contributed by atoms with van der Waals surface area (Å²) in [6, 6.07) is 19.0. The van der Waals surface area contributed by atoms with Crippen LogP contribution in [0.25, 0.3) is 0 Å². The predicted octanol–water partition coefficient (Wildman–Crippen LogP) is 5.09. The lowest BCUT2D eigenvalue weighted by molar-refractivity contribution is 0.174. The molecule has 0 radical (unpaired) electrons. The van der Waals surface area contributed by atoms with Gasteiger partial charge in [-0.1, -0.05) is 18.2 Å². The Morgan fingerprint density at radius 1 is 1.03 bits per heavy atom. The lowest BCUT2D eigenvalue weighted by atomic mass is 9.83. The van der Waals surface area contributed by atoms with Crippen LogP contribution in [-0.4, -0.2) is 13.4 Å². The zero-order chi connectivity index (χ0) is 25.2. The van der Waals surface area contributed by atoms with E-state index in [0.717, 1.165) is 20.3 Å². The molecule has 1 atom stereocenters. The Hall–Kier alpha value is -4.09. The van der Waals surface area contributed by atoms with Crippen molar-refractivity contribution in [2.24, 2.45) is 5.73 Å². The minimum Gasteiger partial charge on any atom is -0.490 e. The van der Waals surface area contributed by atoms with Crippen LogP contribution < -0.4 is 29.4 Å². The molecule has 2 aliphatic heterocycles. The van der Waals surface area contributed by atoms with Crippen LogP contribution in [0.5, 0.6) is 28.7 Å². The highest BCUT2D eigenvalue weighted by Crippen LogP contribution is 2.49. The number of halogens is 1. The summed E-state index contributed by atoms with van der Waals surface area (Å²) in [5, 5.41) is 19.4. The molecule has 0 aliphatic carbocycles. The number of rotatable bonds is 6. The van der Waals surface area contributed by atoms with Gasteiger partial charge >= 0.3 is 0 Å². The zero-order valence-corrected chi connectivity index (χ0v) is 21.4. The number of ether oxygens (including phenoxy) is 5. The Balaban J connectivity index is 1.57. The minimum atomic E-state index is -0.505. The van der Waals surface area contributed by atoms with Crippen molar-refractivity contribution in [2.75, 3.05) is 13.4 Å². The number of fused-ring (bicyclic) bond motifs is 2. The molecule has 2 aliphatic rings. The van der Waals surface area contributed by atoms with E-state index in [2.05, 4.69) is 34.7 Å². The molecular formula is C27H20IN3O5. The highest BCUT2D eigenvalue weighted by atomic mass is 127. The van der Waals surface area contributed by atoms with E-state index in [0.29, 0.717) is 40.9 Å². The molecule has 0 bridgehead atoms. The van der Waals surface area contributed by atoms with E-state index in [1.165, 1.54) is 0 Å². The van der Waals surface area contributed by atoms with E-state index in [-0.39, 0.29) is 24.9 Å². The van der Waals surface area contributed by atoms with E-state index >= 15 is 0 Å². The third kappa shape index (κ3) is 4.23. The summed E-state index contributed by atoms with van der Waals surface area (Å²) in [4.78, 5) is 0. The Kier molecular flexibility index (Phi) is 6.49. The van der Waals surface area contributed by atoms with Gasteiger partial charge in [-0.15, -0.1) is 0 Å². The van der Waals surface area contributed by atoms with Gasteiger partial charge < -0.3 is 29.4 Å². The standard InChI is InChI=1S/C27H20IN3O5/c1-2-32-24-8-17(7-20(28)26(24)33-13-16-6-4-3-5-15(16)11-29)25-18-9-22-23(35-14-34-22)10-21(18)36-27(31)19(25)12-30/h3-10,25H,2,13-14,31H2,1H3/t25-/m0/s1. The largest absolute Gasteiger partial charge is 0.490 e. The van der Waals surface area contributed by atoms with Crippen LogP contribution in [0.3, 0.4) is 0 Å². The maximum atomic E-state index is 9.96. The normalized spacial score (nSPS) is 15.4. The fourth-order valence-corrected chi connectivity index (χ4v) is 5.03. The molecule has 5 rings (SSSR count). The average molecular weight is 593 g/mol. The molecule has 0 unspecified atom stereocenters. The van der Waals surface area contributed by atoms with Gasteiger partial charge in [0.25, 0.3) is 0 Å². The minimum absolute atomic E-state index is 0.0373. The van der Waals surface area contributed by atoms with Crippen molar-refractivity contribution >= 4 is 22.6 Å². The molecule has 8 nitrogen and oxygen atoms in total. The average Bonchev–Trinajstić information content (AvgIpc) is 3.33. The van der Waals surface area contributed by atoms with Gasteiger partial charge in [-0.25, -0.2) is 0 Å². The molecule has 0 spiro atoms. The van der Waals surface area contributed by atoms with Gasteiger partial charge in [0.15, 0.2) is 23.0 Å². The molecule has 0 saturated carbocycles. The molecule has 0 fully saturated rings. The van der Waals surface area contributed by atoms with E-state index in [1.54, 1.807) is 12.1 Å². The lowest BCUT2D eigenvalue weighted by Crippen LogP contribution is -2.21. The second-order valence-electron chi connectivity index (χ2n) is 7.99. The lowest BCUT2D eigenvalue weighted by Gasteiger charge is -2.27. The van der Waals surface area contributed by atoms with Crippen LogP contribution in [0.15, 0.2) is 60.0 Å². The summed E-state index contributed by atoms with van der Waals surface area (Å²) < 4.78 is 29.7. The summed E-state index contributed by atoms with van der Waals surface area (Å²) in [5.41, 5.74) is 9.30. The smallest absolute Gasteiger partial charge is 0.231 e. The first-order valence-electron chi connectivity index (χ1n) is 11.1. The van der Waals surface area contributed by atoms with Crippen LogP contribution in [0, 0.1) is 26.2 Å². The molecule has 3 aromatic rings. The fraction of sp³-hybridized carbons (Fsp3) is 0.185. The highest BCUT2D eigenvalue weighted by molar-refractivity contribution is 14.1. The third-order valence-corrected chi connectivity index (χ3v) is 6.69. The van der Waals surface area contributed by atoms with Crippen molar-refractivity contribution in [3.05, 3.63) is 85.8 Å². The molecule has 2 heterocycles. The van der Waals surface area contributed by atoms with Crippen LogP contribution in [0.4, 0.5) is 0 Å². The fourth-order valence-electron chi connectivity index (χ4n) is 4.25. The van der Waals surface area contributed by atoms with Crippen molar-refractivity contribution in [3.63, 3.8) is 0 Å². The summed E-state index contributed by atoms with van der Waals surface area (Å²) >= 11 is 2.19. The Bertz CT molecular complexity index is 1470. The number of benzene rings is 3. The van der Waals surface area contributed by atoms with Gasteiger partial charge in [0.1, 0.15) is 24.0 Å². The first-order valence-corrected chi connectivity index (χ1v) is 12.2. The summed E-state index contributed by atoms with van der Waals surface area (Å²) in [6.45, 7) is 2.62. The number of hydrogen-bond donors (Lipinski definition) is 1. The van der Waals surface area contributed by atoms with Gasteiger partial charge in [0.05, 0.1) is 27.7 Å². The quantitative estimate of drug-likeness (QED) is 0.393. The van der Waals surface area contributed by atoms with Crippen molar-refractivity contribution in [2.45, 2.75) is 19.4 Å².